The summed E-state index contributed by atoms with van der Waals surface area (Å²) in [5.74, 6) is -2.78. The Labute approximate surface area is 130 Å². The Hall–Kier alpha value is -1.22. The summed E-state index contributed by atoms with van der Waals surface area (Å²) in [4.78, 5) is 21.3. The molecule has 0 bridgehead atoms. The molecule has 0 spiro atoms. The monoisotopic (exact) mass is 341 g/mol. The maximum atomic E-state index is 11.9. The lowest BCUT2D eigenvalue weighted by atomic mass is 10.1. The normalized spacial score (nSPS) is 13.0. The molecule has 0 aliphatic carbocycles. The van der Waals surface area contributed by atoms with Gasteiger partial charge < -0.3 is 10.2 Å². The summed E-state index contributed by atoms with van der Waals surface area (Å²) in [7, 11) is -3.75. The predicted molar refractivity (Wildman–Crippen MR) is 78.9 cm³/mol. The molecule has 9 heteroatoms. The minimum absolute atomic E-state index is 0.201. The Morgan fingerprint density at radius 1 is 1.00 bits per heavy atom. The standard InChI is InChI=1S/C13H24FNO6S/c14-9-5-3-1-2-4-6-10-22(20,21)15-11(13(18)19)7-8-12(16)17/h11,15H,1-10H2,(H,16,17)(H,18,19)/t11-/m0/s1. The third kappa shape index (κ3) is 11.4. The van der Waals surface area contributed by atoms with Crippen LogP contribution in [-0.4, -0.2) is 49.0 Å². The van der Waals surface area contributed by atoms with Crippen molar-refractivity contribution in [1.29, 1.82) is 0 Å². The van der Waals surface area contributed by atoms with E-state index in [2.05, 4.69) is 0 Å². The highest BCUT2D eigenvalue weighted by molar-refractivity contribution is 7.89. The molecule has 0 aromatic heterocycles. The van der Waals surface area contributed by atoms with Crippen molar-refractivity contribution < 1.29 is 32.6 Å². The van der Waals surface area contributed by atoms with Gasteiger partial charge in [0.15, 0.2) is 0 Å². The Balaban J connectivity index is 4.08. The number of rotatable bonds is 14. The smallest absolute Gasteiger partial charge is 0.321 e. The first-order valence-corrected chi connectivity index (χ1v) is 8.94. The molecule has 1 atom stereocenters. The molecule has 22 heavy (non-hydrogen) atoms. The van der Waals surface area contributed by atoms with E-state index in [1.807, 2.05) is 4.72 Å². The van der Waals surface area contributed by atoms with E-state index in [0.29, 0.717) is 19.3 Å². The molecule has 0 unspecified atom stereocenters. The van der Waals surface area contributed by atoms with E-state index in [9.17, 15) is 22.4 Å². The largest absolute Gasteiger partial charge is 0.481 e. The first-order chi connectivity index (χ1) is 10.3. The van der Waals surface area contributed by atoms with Crippen molar-refractivity contribution >= 4 is 22.0 Å². The first-order valence-electron chi connectivity index (χ1n) is 7.29. The molecule has 0 saturated heterocycles. The number of alkyl halides is 1. The van der Waals surface area contributed by atoms with Gasteiger partial charge in [-0.3, -0.25) is 14.0 Å². The van der Waals surface area contributed by atoms with Crippen molar-refractivity contribution in [3.05, 3.63) is 0 Å². The quantitative estimate of drug-likeness (QED) is 0.412. The van der Waals surface area contributed by atoms with Gasteiger partial charge in [-0.1, -0.05) is 25.7 Å². The number of unbranched alkanes of at least 4 members (excludes halogenated alkanes) is 5. The van der Waals surface area contributed by atoms with Crippen molar-refractivity contribution in [3.63, 3.8) is 0 Å². The maximum Gasteiger partial charge on any atom is 0.321 e. The predicted octanol–water partition coefficient (Wildman–Crippen LogP) is 1.53. The van der Waals surface area contributed by atoms with Crippen LogP contribution in [-0.2, 0) is 19.6 Å². The molecule has 0 rings (SSSR count). The average Bonchev–Trinajstić information content (AvgIpc) is 2.42. The first kappa shape index (κ1) is 20.8. The topological polar surface area (TPSA) is 121 Å². The molecule has 7 nitrogen and oxygen atoms in total. The third-order valence-corrected chi connectivity index (χ3v) is 4.53. The van der Waals surface area contributed by atoms with Crippen molar-refractivity contribution in [2.75, 3.05) is 12.4 Å². The molecule has 0 aliphatic rings. The second-order valence-corrected chi connectivity index (χ2v) is 6.94. The van der Waals surface area contributed by atoms with Crippen LogP contribution < -0.4 is 4.72 Å². The molecule has 0 aromatic carbocycles. The van der Waals surface area contributed by atoms with E-state index in [1.54, 1.807) is 0 Å². The summed E-state index contributed by atoms with van der Waals surface area (Å²) in [5, 5.41) is 17.4. The molecule has 0 heterocycles. The van der Waals surface area contributed by atoms with Gasteiger partial charge in [0.2, 0.25) is 10.0 Å². The summed E-state index contributed by atoms with van der Waals surface area (Å²) in [5.41, 5.74) is 0. The Kier molecular flexibility index (Phi) is 10.7. The number of aliphatic carboxylic acids is 2. The molecular weight excluding hydrogens is 317 g/mol. The molecular formula is C13H24FNO6S. The third-order valence-electron chi connectivity index (χ3n) is 3.06. The van der Waals surface area contributed by atoms with E-state index in [-0.39, 0.29) is 18.8 Å². The molecule has 0 fully saturated rings. The van der Waals surface area contributed by atoms with E-state index >= 15 is 0 Å². The molecule has 0 radical (unpaired) electrons. The highest BCUT2D eigenvalue weighted by Gasteiger charge is 2.24. The van der Waals surface area contributed by atoms with E-state index in [1.165, 1.54) is 0 Å². The lowest BCUT2D eigenvalue weighted by molar-refractivity contribution is -0.140. The van der Waals surface area contributed by atoms with Gasteiger partial charge >= 0.3 is 11.9 Å². The van der Waals surface area contributed by atoms with Gasteiger partial charge in [0.25, 0.3) is 0 Å². The SMILES string of the molecule is O=C(O)CC[C@H](NS(=O)(=O)CCCCCCCCF)C(=O)O. The van der Waals surface area contributed by atoms with Crippen LogP contribution in [0.5, 0.6) is 0 Å². The zero-order valence-corrected chi connectivity index (χ0v) is 13.3. The van der Waals surface area contributed by atoms with Crippen molar-refractivity contribution in [2.45, 2.75) is 57.4 Å². The van der Waals surface area contributed by atoms with E-state index in [4.69, 9.17) is 10.2 Å². The van der Waals surface area contributed by atoms with Crippen LogP contribution in [0.1, 0.15) is 51.4 Å². The average molecular weight is 341 g/mol. The zero-order chi connectivity index (χ0) is 17.0. The minimum atomic E-state index is -3.75. The fourth-order valence-electron chi connectivity index (χ4n) is 1.87. The number of carbonyl (C=O) groups is 2. The van der Waals surface area contributed by atoms with E-state index in [0.717, 1.165) is 19.3 Å². The molecule has 0 amide bonds. The summed E-state index contributed by atoms with van der Waals surface area (Å²) in [6.45, 7) is -0.342. The maximum absolute atomic E-state index is 11.9. The summed E-state index contributed by atoms with van der Waals surface area (Å²) in [6.07, 6.45) is 3.27. The fourth-order valence-corrected chi connectivity index (χ4v) is 3.22. The second-order valence-electron chi connectivity index (χ2n) is 5.07. The number of hydrogen-bond acceptors (Lipinski definition) is 4. The van der Waals surface area contributed by atoms with E-state index < -0.39 is 34.4 Å². The minimum Gasteiger partial charge on any atom is -0.481 e. The van der Waals surface area contributed by atoms with Crippen molar-refractivity contribution in [3.8, 4) is 0 Å². The van der Waals surface area contributed by atoms with Gasteiger partial charge in [-0.2, -0.15) is 0 Å². The molecule has 0 aliphatic heterocycles. The number of sulfonamides is 1. The summed E-state index contributed by atoms with van der Waals surface area (Å²) < 4.78 is 37.4. The van der Waals surface area contributed by atoms with Crippen LogP contribution in [0.15, 0.2) is 0 Å². The van der Waals surface area contributed by atoms with Gasteiger partial charge in [-0.05, 0) is 19.3 Å². The van der Waals surface area contributed by atoms with Gasteiger partial charge in [-0.15, -0.1) is 0 Å². The molecule has 0 aromatic rings. The highest BCUT2D eigenvalue weighted by Crippen LogP contribution is 2.07. The van der Waals surface area contributed by atoms with Gasteiger partial charge in [-0.25, -0.2) is 13.1 Å². The van der Waals surface area contributed by atoms with Crippen LogP contribution in [0, 0.1) is 0 Å². The number of halogens is 1. The summed E-state index contributed by atoms with van der Waals surface area (Å²) >= 11 is 0. The van der Waals surface area contributed by atoms with Crippen LogP contribution >= 0.6 is 0 Å². The van der Waals surface area contributed by atoms with Crippen molar-refractivity contribution in [2.24, 2.45) is 0 Å². The molecule has 0 saturated carbocycles. The van der Waals surface area contributed by atoms with Crippen molar-refractivity contribution in [1.82, 2.24) is 4.72 Å². The fraction of sp³-hybridized carbons (Fsp3) is 0.846. The van der Waals surface area contributed by atoms with Crippen LogP contribution in [0.3, 0.4) is 0 Å². The van der Waals surface area contributed by atoms with Crippen LogP contribution in [0.25, 0.3) is 0 Å². The van der Waals surface area contributed by atoms with Gasteiger partial charge in [0, 0.05) is 6.42 Å². The lowest BCUT2D eigenvalue weighted by Gasteiger charge is -2.13. The number of carboxylic acid groups (broad SMARTS) is 2. The Morgan fingerprint density at radius 3 is 2.05 bits per heavy atom. The Morgan fingerprint density at radius 2 is 1.55 bits per heavy atom. The molecule has 130 valence electrons. The number of carboxylic acids is 2. The van der Waals surface area contributed by atoms with Gasteiger partial charge in [0.1, 0.15) is 6.04 Å². The Bertz CT molecular complexity index is 440. The number of hydrogen-bond donors (Lipinski definition) is 3. The summed E-state index contributed by atoms with van der Waals surface area (Å²) in [6, 6.07) is -1.43. The lowest BCUT2D eigenvalue weighted by Crippen LogP contribution is -2.42. The zero-order valence-electron chi connectivity index (χ0n) is 12.5. The molecule has 3 N–H and O–H groups in total. The van der Waals surface area contributed by atoms with Gasteiger partial charge in [0.05, 0.1) is 12.4 Å². The second kappa shape index (κ2) is 11.4. The van der Waals surface area contributed by atoms with Crippen LogP contribution in [0.2, 0.25) is 0 Å². The van der Waals surface area contributed by atoms with Crippen LogP contribution in [0.4, 0.5) is 4.39 Å². The highest BCUT2D eigenvalue weighted by atomic mass is 32.2. The number of nitrogens with one attached hydrogen (secondary N) is 1.